The zero-order valence-corrected chi connectivity index (χ0v) is 9.80. The van der Waals surface area contributed by atoms with Crippen LogP contribution in [-0.4, -0.2) is 37.9 Å². The van der Waals surface area contributed by atoms with E-state index in [0.29, 0.717) is 5.90 Å². The highest BCUT2D eigenvalue weighted by Gasteiger charge is 2.09. The van der Waals surface area contributed by atoms with E-state index in [1.807, 2.05) is 30.3 Å². The number of nitrogens with zero attached hydrogens (tertiary/aromatic N) is 2. The van der Waals surface area contributed by atoms with Crippen LogP contribution >= 0.6 is 0 Å². The maximum Gasteiger partial charge on any atom is 0.231 e. The Morgan fingerprint density at radius 2 is 1.94 bits per heavy atom. The normalized spacial score (nSPS) is 11.1. The number of rotatable bonds is 3. The van der Waals surface area contributed by atoms with Crippen LogP contribution in [0.1, 0.15) is 6.42 Å². The van der Waals surface area contributed by atoms with E-state index < -0.39 is 0 Å². The van der Waals surface area contributed by atoms with Gasteiger partial charge in [-0.3, -0.25) is 4.79 Å². The largest absolute Gasteiger partial charge is 0.484 e. The van der Waals surface area contributed by atoms with Crippen molar-refractivity contribution < 1.29 is 9.53 Å². The molecule has 0 fully saturated rings. The highest BCUT2D eigenvalue weighted by Crippen LogP contribution is 2.11. The first-order valence-corrected chi connectivity index (χ1v) is 5.00. The number of para-hydroxylation sites is 1. The zero-order chi connectivity index (χ0) is 12.0. The minimum Gasteiger partial charge on any atom is -0.484 e. The number of methoxy groups -OCH3 is 1. The van der Waals surface area contributed by atoms with E-state index in [9.17, 15) is 4.79 Å². The zero-order valence-electron chi connectivity index (χ0n) is 9.80. The van der Waals surface area contributed by atoms with Crippen molar-refractivity contribution >= 4 is 17.5 Å². The van der Waals surface area contributed by atoms with Crippen LogP contribution in [0.5, 0.6) is 0 Å². The third kappa shape index (κ3) is 3.73. The molecule has 0 bridgehead atoms. The number of hydrogen-bond acceptors (Lipinski definition) is 3. The van der Waals surface area contributed by atoms with Gasteiger partial charge in [0.1, 0.15) is 6.42 Å². The molecule has 1 amide bonds. The molecule has 0 N–H and O–H groups in total. The Bertz CT molecular complexity index is 372. The molecule has 0 heterocycles. The number of aliphatic imine (C=N–C) groups is 1. The summed E-state index contributed by atoms with van der Waals surface area (Å²) in [5.41, 5.74) is 0.783. The molecule has 1 aromatic rings. The molecule has 0 radical (unpaired) electrons. The lowest BCUT2D eigenvalue weighted by Crippen LogP contribution is -2.24. The van der Waals surface area contributed by atoms with Crippen LogP contribution in [0.4, 0.5) is 5.69 Å². The summed E-state index contributed by atoms with van der Waals surface area (Å²) in [5.74, 6) is 0.390. The van der Waals surface area contributed by atoms with Gasteiger partial charge in [-0.1, -0.05) is 18.2 Å². The Kier molecular flexibility index (Phi) is 4.51. The van der Waals surface area contributed by atoms with E-state index in [0.717, 1.165) is 5.69 Å². The summed E-state index contributed by atoms with van der Waals surface area (Å²) < 4.78 is 5.08. The van der Waals surface area contributed by atoms with Gasteiger partial charge < -0.3 is 9.64 Å². The molecule has 86 valence electrons. The van der Waals surface area contributed by atoms with Gasteiger partial charge in [-0.2, -0.15) is 0 Å². The second-order valence-corrected chi connectivity index (χ2v) is 3.51. The lowest BCUT2D eigenvalue weighted by molar-refractivity contribution is -0.127. The highest BCUT2D eigenvalue weighted by molar-refractivity contribution is 5.97. The SMILES string of the molecule is COC(CC(=O)N(C)C)=Nc1ccccc1. The van der Waals surface area contributed by atoms with Gasteiger partial charge in [0.05, 0.1) is 12.8 Å². The lowest BCUT2D eigenvalue weighted by Gasteiger charge is -2.10. The second kappa shape index (κ2) is 5.90. The number of carbonyl (C=O) groups excluding carboxylic acids is 1. The van der Waals surface area contributed by atoms with Crippen molar-refractivity contribution in [2.24, 2.45) is 4.99 Å². The maximum absolute atomic E-state index is 11.5. The summed E-state index contributed by atoms with van der Waals surface area (Å²) in [6.45, 7) is 0. The third-order valence-corrected chi connectivity index (χ3v) is 2.05. The van der Waals surface area contributed by atoms with E-state index in [4.69, 9.17) is 4.74 Å². The molecule has 0 aliphatic rings. The van der Waals surface area contributed by atoms with Crippen LogP contribution in [0.25, 0.3) is 0 Å². The molecule has 0 aromatic heterocycles. The molecule has 0 saturated carbocycles. The molecular weight excluding hydrogens is 204 g/mol. The average molecular weight is 220 g/mol. The molecule has 4 heteroatoms. The van der Waals surface area contributed by atoms with Gasteiger partial charge in [-0.15, -0.1) is 0 Å². The van der Waals surface area contributed by atoms with Gasteiger partial charge >= 0.3 is 0 Å². The van der Waals surface area contributed by atoms with Crippen molar-refractivity contribution in [2.75, 3.05) is 21.2 Å². The van der Waals surface area contributed by atoms with Crippen LogP contribution < -0.4 is 0 Å². The van der Waals surface area contributed by atoms with Gasteiger partial charge in [0, 0.05) is 14.1 Å². The number of benzene rings is 1. The third-order valence-electron chi connectivity index (χ3n) is 2.05. The number of hydrogen-bond donors (Lipinski definition) is 0. The van der Waals surface area contributed by atoms with Crippen molar-refractivity contribution in [3.05, 3.63) is 30.3 Å². The summed E-state index contributed by atoms with van der Waals surface area (Å²) in [5, 5.41) is 0. The monoisotopic (exact) mass is 220 g/mol. The standard InChI is InChI=1S/C12H16N2O2/c1-14(2)12(15)9-11(16-3)13-10-7-5-4-6-8-10/h4-8H,9H2,1-3H3. The average Bonchev–Trinajstić information content (AvgIpc) is 2.29. The Morgan fingerprint density at radius 1 is 1.31 bits per heavy atom. The van der Waals surface area contributed by atoms with Crippen molar-refractivity contribution in [1.29, 1.82) is 0 Å². The first-order valence-electron chi connectivity index (χ1n) is 5.00. The summed E-state index contributed by atoms with van der Waals surface area (Å²) >= 11 is 0. The molecule has 0 saturated heterocycles. The fourth-order valence-corrected chi connectivity index (χ4v) is 1.09. The van der Waals surface area contributed by atoms with Gasteiger partial charge in [-0.25, -0.2) is 4.99 Å². The fourth-order valence-electron chi connectivity index (χ4n) is 1.09. The number of amides is 1. The van der Waals surface area contributed by atoms with E-state index in [-0.39, 0.29) is 12.3 Å². The molecule has 0 atom stereocenters. The lowest BCUT2D eigenvalue weighted by atomic mass is 10.3. The minimum atomic E-state index is -0.0310. The van der Waals surface area contributed by atoms with Gasteiger partial charge in [0.25, 0.3) is 0 Å². The van der Waals surface area contributed by atoms with Crippen LogP contribution in [0, 0.1) is 0 Å². The van der Waals surface area contributed by atoms with Crippen LogP contribution in [0.2, 0.25) is 0 Å². The molecule has 0 aliphatic carbocycles. The molecule has 0 unspecified atom stereocenters. The summed E-state index contributed by atoms with van der Waals surface area (Å²) in [7, 11) is 4.93. The second-order valence-electron chi connectivity index (χ2n) is 3.51. The number of carbonyl (C=O) groups is 1. The number of ether oxygens (including phenoxy) is 1. The minimum absolute atomic E-state index is 0.0310. The summed E-state index contributed by atoms with van der Waals surface area (Å²) in [6.07, 6.45) is 0.179. The summed E-state index contributed by atoms with van der Waals surface area (Å²) in [6, 6.07) is 9.41. The molecule has 1 rings (SSSR count). The quantitative estimate of drug-likeness (QED) is 0.576. The van der Waals surface area contributed by atoms with Crippen molar-refractivity contribution in [2.45, 2.75) is 6.42 Å². The van der Waals surface area contributed by atoms with Crippen molar-refractivity contribution in [3.8, 4) is 0 Å². The Labute approximate surface area is 95.6 Å². The highest BCUT2D eigenvalue weighted by atomic mass is 16.5. The molecule has 1 aromatic carbocycles. The molecule has 16 heavy (non-hydrogen) atoms. The van der Waals surface area contributed by atoms with Crippen LogP contribution in [0.3, 0.4) is 0 Å². The first-order chi connectivity index (χ1) is 7.63. The predicted molar refractivity (Wildman–Crippen MR) is 63.9 cm³/mol. The Balaban J connectivity index is 2.75. The van der Waals surface area contributed by atoms with Gasteiger partial charge in [0.2, 0.25) is 5.91 Å². The summed E-state index contributed by atoms with van der Waals surface area (Å²) in [4.78, 5) is 17.2. The van der Waals surface area contributed by atoms with E-state index in [1.165, 1.54) is 12.0 Å². The van der Waals surface area contributed by atoms with E-state index in [2.05, 4.69) is 4.99 Å². The van der Waals surface area contributed by atoms with Crippen molar-refractivity contribution in [1.82, 2.24) is 4.90 Å². The van der Waals surface area contributed by atoms with Gasteiger partial charge in [-0.05, 0) is 12.1 Å². The predicted octanol–water partition coefficient (Wildman–Crippen LogP) is 1.84. The first kappa shape index (κ1) is 12.2. The fraction of sp³-hybridized carbons (Fsp3) is 0.333. The van der Waals surface area contributed by atoms with Crippen LogP contribution in [0.15, 0.2) is 35.3 Å². The van der Waals surface area contributed by atoms with Crippen molar-refractivity contribution in [3.63, 3.8) is 0 Å². The van der Waals surface area contributed by atoms with Gasteiger partial charge in [0.15, 0.2) is 5.90 Å². The Hall–Kier alpha value is -1.84. The molecular formula is C12H16N2O2. The smallest absolute Gasteiger partial charge is 0.231 e. The topological polar surface area (TPSA) is 41.9 Å². The Morgan fingerprint density at radius 3 is 2.44 bits per heavy atom. The van der Waals surface area contributed by atoms with E-state index >= 15 is 0 Å². The van der Waals surface area contributed by atoms with Crippen LogP contribution in [-0.2, 0) is 9.53 Å². The molecule has 0 spiro atoms. The molecule has 4 nitrogen and oxygen atoms in total. The molecule has 0 aliphatic heterocycles. The van der Waals surface area contributed by atoms with E-state index in [1.54, 1.807) is 14.1 Å². The maximum atomic E-state index is 11.5.